The molecule has 4 rings (SSSR count). The van der Waals surface area contributed by atoms with Gasteiger partial charge in [0.1, 0.15) is 50.4 Å². The predicted molar refractivity (Wildman–Crippen MR) is 268 cm³/mol. The van der Waals surface area contributed by atoms with E-state index in [-0.39, 0.29) is 18.8 Å². The predicted octanol–water partition coefficient (Wildman–Crippen LogP) is 10.8. The van der Waals surface area contributed by atoms with Crippen LogP contribution in [0.4, 0.5) is 0 Å². The maximum atomic E-state index is 12.8. The summed E-state index contributed by atoms with van der Waals surface area (Å²) in [6, 6.07) is 12.8. The highest BCUT2D eigenvalue weighted by molar-refractivity contribution is 5.91. The van der Waals surface area contributed by atoms with Crippen molar-refractivity contribution >= 4 is 35.8 Å². The Balaban J connectivity index is 1.54. The number of rotatable bonds is 29. The van der Waals surface area contributed by atoms with Gasteiger partial charge in [-0.3, -0.25) is 19.2 Å². The number of carbonyl (C=O) groups is 6. The van der Waals surface area contributed by atoms with Crippen molar-refractivity contribution in [3.8, 4) is 16.9 Å². The second kappa shape index (κ2) is 29.7. The molecule has 2 aliphatic rings. The summed E-state index contributed by atoms with van der Waals surface area (Å²) >= 11 is 0. The SMILES string of the molecule is C=C(C)C(=O)OCCCc1cc(-c2ccc(CCC3CCC(C4CCC(CCCCC)CC4)CC3)cc2)c(CC)cc1OCC(COC(=O)CC(=O)OC)(COC(=O)CC(=O)OC)COC(=O)C(=C)C. The van der Waals surface area contributed by atoms with Gasteiger partial charge in [-0.1, -0.05) is 103 Å². The second-order valence-electron chi connectivity index (χ2n) is 19.8. The molecular formula is C57H80O13. The van der Waals surface area contributed by atoms with Gasteiger partial charge in [0.2, 0.25) is 0 Å². The van der Waals surface area contributed by atoms with Gasteiger partial charge >= 0.3 is 35.8 Å². The highest BCUT2D eigenvalue weighted by atomic mass is 16.6. The minimum atomic E-state index is -1.55. The van der Waals surface area contributed by atoms with Crippen LogP contribution in [0.2, 0.25) is 0 Å². The molecule has 0 N–H and O–H groups in total. The molecule has 13 nitrogen and oxygen atoms in total. The molecule has 0 aliphatic heterocycles. The van der Waals surface area contributed by atoms with Crippen molar-refractivity contribution in [2.24, 2.45) is 29.1 Å². The van der Waals surface area contributed by atoms with Crippen molar-refractivity contribution in [3.63, 3.8) is 0 Å². The van der Waals surface area contributed by atoms with Gasteiger partial charge in [-0.05, 0) is 135 Å². The Bertz CT molecular complexity index is 2020. The number of benzene rings is 2. The van der Waals surface area contributed by atoms with Crippen LogP contribution in [0.25, 0.3) is 11.1 Å². The maximum absolute atomic E-state index is 12.8. The molecule has 0 saturated heterocycles. The Morgan fingerprint density at radius 3 is 1.63 bits per heavy atom. The second-order valence-corrected chi connectivity index (χ2v) is 19.8. The van der Waals surface area contributed by atoms with Crippen LogP contribution < -0.4 is 4.74 Å². The van der Waals surface area contributed by atoms with E-state index in [1.54, 1.807) is 6.92 Å². The van der Waals surface area contributed by atoms with Crippen LogP contribution in [0, 0.1) is 29.1 Å². The first-order chi connectivity index (χ1) is 33.6. The molecule has 13 heteroatoms. The first kappa shape index (κ1) is 57.1. The molecule has 2 aliphatic carbocycles. The van der Waals surface area contributed by atoms with Gasteiger partial charge in [0.15, 0.2) is 0 Å². The van der Waals surface area contributed by atoms with E-state index in [4.69, 9.17) is 23.7 Å². The third-order valence-corrected chi connectivity index (χ3v) is 14.1. The summed E-state index contributed by atoms with van der Waals surface area (Å²) in [5.74, 6) is -0.780. The van der Waals surface area contributed by atoms with E-state index in [9.17, 15) is 28.8 Å². The van der Waals surface area contributed by atoms with Gasteiger partial charge in [-0.15, -0.1) is 0 Å². The smallest absolute Gasteiger partial charge is 0.333 e. The van der Waals surface area contributed by atoms with Crippen LogP contribution in [0.15, 0.2) is 60.7 Å². The van der Waals surface area contributed by atoms with E-state index < -0.39 is 73.9 Å². The van der Waals surface area contributed by atoms with Crippen LogP contribution in [0.5, 0.6) is 5.75 Å². The number of unbranched alkanes of at least 4 members (excludes halogenated alkanes) is 2. The molecule has 386 valence electrons. The Labute approximate surface area is 416 Å². The number of hydrogen-bond acceptors (Lipinski definition) is 13. The van der Waals surface area contributed by atoms with Gasteiger partial charge in [-0.25, -0.2) is 9.59 Å². The average molecular weight is 973 g/mol. The van der Waals surface area contributed by atoms with E-state index in [2.05, 4.69) is 59.9 Å². The summed E-state index contributed by atoms with van der Waals surface area (Å²) in [6.45, 7) is 13.0. The number of esters is 6. The van der Waals surface area contributed by atoms with Crippen molar-refractivity contribution in [2.45, 2.75) is 150 Å². The highest BCUT2D eigenvalue weighted by Crippen LogP contribution is 2.43. The standard InChI is InChI=1S/C57H80O13/c1-9-11-12-14-41-18-24-45(25-19-41)46-26-20-42(21-27-46)16-17-43-22-28-47(29-23-43)49-31-48(15-13-30-66-55(62)39(3)4)50(32-44(49)10-2)67-35-57(38-70-56(63)40(5)6,36-68-53(60)33-51(58)64-7)37-69-54(61)34-52(59)65-8/h22-23,28-29,31-32,41-42,45-46H,3,5,9-21,24-27,30,33-38H2,1-2,4,6-8H3. The third-order valence-electron chi connectivity index (χ3n) is 14.1. The molecule has 0 radical (unpaired) electrons. The quantitative estimate of drug-likeness (QED) is 0.0249. The number of ether oxygens (including phenoxy) is 7. The van der Waals surface area contributed by atoms with Crippen molar-refractivity contribution in [2.75, 3.05) is 47.3 Å². The van der Waals surface area contributed by atoms with Crippen LogP contribution in [-0.4, -0.2) is 83.1 Å². The van der Waals surface area contributed by atoms with Crippen molar-refractivity contribution in [1.29, 1.82) is 0 Å². The number of carbonyl (C=O) groups excluding carboxylic acids is 6. The van der Waals surface area contributed by atoms with Gasteiger partial charge < -0.3 is 33.2 Å². The first-order valence-electron chi connectivity index (χ1n) is 25.6. The fourth-order valence-corrected chi connectivity index (χ4v) is 9.68. The number of aryl methyl sites for hydroxylation is 3. The molecule has 2 aromatic carbocycles. The Morgan fingerprint density at radius 1 is 0.586 bits per heavy atom. The Kier molecular flexibility index (Phi) is 24.2. The zero-order valence-corrected chi connectivity index (χ0v) is 43.0. The third kappa shape index (κ3) is 19.0. The van der Waals surface area contributed by atoms with Gasteiger partial charge in [-0.2, -0.15) is 0 Å². The molecule has 0 heterocycles. The highest BCUT2D eigenvalue weighted by Gasteiger charge is 2.38. The summed E-state index contributed by atoms with van der Waals surface area (Å²) < 4.78 is 37.8. The van der Waals surface area contributed by atoms with E-state index in [1.807, 2.05) is 13.0 Å². The van der Waals surface area contributed by atoms with Gasteiger partial charge in [0, 0.05) is 11.1 Å². The van der Waals surface area contributed by atoms with Crippen LogP contribution in [0.3, 0.4) is 0 Å². The molecule has 0 spiro atoms. The van der Waals surface area contributed by atoms with Crippen LogP contribution >= 0.6 is 0 Å². The molecule has 2 fully saturated rings. The fraction of sp³-hybridized carbons (Fsp3) is 0.614. The molecule has 70 heavy (non-hydrogen) atoms. The number of methoxy groups -OCH3 is 2. The lowest BCUT2D eigenvalue weighted by molar-refractivity contribution is -0.165. The molecule has 0 amide bonds. The molecule has 2 saturated carbocycles. The molecule has 0 unspecified atom stereocenters. The Morgan fingerprint density at radius 2 is 1.11 bits per heavy atom. The molecular weight excluding hydrogens is 893 g/mol. The minimum Gasteiger partial charge on any atom is -0.492 e. The zero-order chi connectivity index (χ0) is 51.1. The maximum Gasteiger partial charge on any atom is 0.333 e. The zero-order valence-electron chi connectivity index (χ0n) is 43.0. The van der Waals surface area contributed by atoms with Crippen LogP contribution in [-0.2, 0) is 76.5 Å². The molecule has 0 aromatic heterocycles. The van der Waals surface area contributed by atoms with Gasteiger partial charge in [0.05, 0.1) is 20.8 Å². The normalized spacial score (nSPS) is 17.9. The first-order valence-corrected chi connectivity index (χ1v) is 25.6. The summed E-state index contributed by atoms with van der Waals surface area (Å²) in [5.41, 5.74) is 3.95. The summed E-state index contributed by atoms with van der Waals surface area (Å²) in [6.07, 6.45) is 19.1. The summed E-state index contributed by atoms with van der Waals surface area (Å²) in [5, 5.41) is 0. The molecule has 0 atom stereocenters. The van der Waals surface area contributed by atoms with Gasteiger partial charge in [0.25, 0.3) is 0 Å². The largest absolute Gasteiger partial charge is 0.492 e. The van der Waals surface area contributed by atoms with Crippen molar-refractivity contribution in [1.82, 2.24) is 0 Å². The van der Waals surface area contributed by atoms with E-state index >= 15 is 0 Å². The molecule has 2 aromatic rings. The van der Waals surface area contributed by atoms with E-state index in [1.165, 1.54) is 96.0 Å². The topological polar surface area (TPSA) is 167 Å². The summed E-state index contributed by atoms with van der Waals surface area (Å²) in [7, 11) is 2.26. The van der Waals surface area contributed by atoms with Crippen molar-refractivity contribution < 1.29 is 61.9 Å². The molecule has 0 bridgehead atoms. The van der Waals surface area contributed by atoms with Crippen molar-refractivity contribution in [3.05, 3.63) is 77.4 Å². The fourth-order valence-electron chi connectivity index (χ4n) is 9.68. The van der Waals surface area contributed by atoms with E-state index in [0.29, 0.717) is 30.6 Å². The lowest BCUT2D eigenvalue weighted by Gasteiger charge is -2.38. The minimum absolute atomic E-state index is 0.0869. The summed E-state index contributed by atoms with van der Waals surface area (Å²) in [4.78, 5) is 74.4. The average Bonchev–Trinajstić information content (AvgIpc) is 3.36. The number of hydrogen-bond donors (Lipinski definition) is 0. The lowest BCUT2D eigenvalue weighted by Crippen LogP contribution is -2.44. The van der Waals surface area contributed by atoms with Crippen LogP contribution in [0.1, 0.15) is 147 Å². The monoisotopic (exact) mass is 973 g/mol. The lowest BCUT2D eigenvalue weighted by atomic mass is 9.68. The van der Waals surface area contributed by atoms with E-state index in [0.717, 1.165) is 66.6 Å². The Hall–Kier alpha value is -5.46.